The molecule has 0 saturated carbocycles. The highest BCUT2D eigenvalue weighted by atomic mass is 16.4. The Morgan fingerprint density at radius 3 is 2.56 bits per heavy atom. The normalized spacial score (nSPS) is 12.1. The van der Waals surface area contributed by atoms with Crippen molar-refractivity contribution in [1.29, 1.82) is 0 Å². The fraction of sp³-hybridized carbons (Fsp3) is 0.500. The molecule has 100 valence electrons. The Bertz CT molecular complexity index is 412. The van der Waals surface area contributed by atoms with Crippen LogP contribution in [0.2, 0.25) is 0 Å². The van der Waals surface area contributed by atoms with Crippen LogP contribution in [0.15, 0.2) is 23.4 Å². The maximum atomic E-state index is 8.64. The average molecular weight is 249 g/mol. The van der Waals surface area contributed by atoms with Crippen LogP contribution in [0.4, 0.5) is 0 Å². The molecule has 1 rings (SSSR count). The molecule has 4 heteroatoms. The van der Waals surface area contributed by atoms with Gasteiger partial charge in [-0.25, -0.2) is 0 Å². The van der Waals surface area contributed by atoms with Crippen LogP contribution in [0.5, 0.6) is 0 Å². The molecular weight excluding hydrogens is 226 g/mol. The summed E-state index contributed by atoms with van der Waals surface area (Å²) in [4.78, 5) is 0. The van der Waals surface area contributed by atoms with Gasteiger partial charge in [-0.3, -0.25) is 0 Å². The lowest BCUT2D eigenvalue weighted by Gasteiger charge is -2.16. The first-order valence-electron chi connectivity index (χ1n) is 6.43. The zero-order valence-corrected chi connectivity index (χ0v) is 11.4. The second-order valence-corrected chi connectivity index (χ2v) is 4.52. The van der Waals surface area contributed by atoms with Crippen LogP contribution in [0, 0.1) is 6.92 Å². The van der Waals surface area contributed by atoms with E-state index in [1.165, 1.54) is 5.56 Å². The van der Waals surface area contributed by atoms with Gasteiger partial charge < -0.3 is 16.3 Å². The summed E-state index contributed by atoms with van der Waals surface area (Å²) in [5.74, 6) is 0.151. The summed E-state index contributed by atoms with van der Waals surface area (Å²) in [7, 11) is 0. The van der Waals surface area contributed by atoms with E-state index < -0.39 is 0 Å². The number of benzene rings is 1. The molecule has 0 atom stereocenters. The van der Waals surface area contributed by atoms with Gasteiger partial charge in [0.2, 0.25) is 0 Å². The van der Waals surface area contributed by atoms with Gasteiger partial charge in [-0.05, 0) is 37.0 Å². The number of hydrogen-bond acceptors (Lipinski definition) is 3. The van der Waals surface area contributed by atoms with E-state index in [4.69, 9.17) is 10.9 Å². The predicted octanol–water partition coefficient (Wildman–Crippen LogP) is 2.37. The first-order valence-corrected chi connectivity index (χ1v) is 6.43. The summed E-state index contributed by atoms with van der Waals surface area (Å²) in [6, 6.07) is 6.41. The number of rotatable bonds is 6. The number of nitrogens with one attached hydrogen (secondary N) is 1. The Hall–Kier alpha value is -1.55. The van der Waals surface area contributed by atoms with Crippen LogP contribution in [-0.4, -0.2) is 17.1 Å². The van der Waals surface area contributed by atoms with Crippen LogP contribution in [0.1, 0.15) is 43.4 Å². The maximum absolute atomic E-state index is 8.64. The van der Waals surface area contributed by atoms with Gasteiger partial charge in [0.15, 0.2) is 5.84 Å². The van der Waals surface area contributed by atoms with E-state index >= 15 is 0 Å². The summed E-state index contributed by atoms with van der Waals surface area (Å²) in [5, 5.41) is 15.2. The van der Waals surface area contributed by atoms with Crippen molar-refractivity contribution in [3.05, 3.63) is 34.9 Å². The number of amidine groups is 1. The van der Waals surface area contributed by atoms with Crippen LogP contribution in [0.25, 0.3) is 0 Å². The van der Waals surface area contributed by atoms with E-state index in [9.17, 15) is 0 Å². The number of aryl methyl sites for hydroxylation is 1. The summed E-state index contributed by atoms with van der Waals surface area (Å²) in [6.45, 7) is 7.28. The van der Waals surface area contributed by atoms with Crippen molar-refractivity contribution in [1.82, 2.24) is 5.32 Å². The maximum Gasteiger partial charge on any atom is 0.170 e. The highest BCUT2D eigenvalue weighted by molar-refractivity contribution is 5.97. The topological polar surface area (TPSA) is 70.6 Å². The molecule has 0 radical (unpaired) electrons. The second kappa shape index (κ2) is 7.01. The van der Waals surface area contributed by atoms with Crippen LogP contribution < -0.4 is 11.1 Å². The smallest absolute Gasteiger partial charge is 0.170 e. The number of nitrogens with zero attached hydrogens (tertiary/aromatic N) is 1. The van der Waals surface area contributed by atoms with E-state index in [0.717, 1.165) is 30.5 Å². The highest BCUT2D eigenvalue weighted by Crippen LogP contribution is 2.12. The summed E-state index contributed by atoms with van der Waals surface area (Å²) < 4.78 is 0. The molecule has 0 aliphatic rings. The van der Waals surface area contributed by atoms with Gasteiger partial charge in [0.25, 0.3) is 0 Å². The van der Waals surface area contributed by atoms with Crippen molar-refractivity contribution in [2.24, 2.45) is 10.9 Å². The van der Waals surface area contributed by atoms with Gasteiger partial charge in [0, 0.05) is 18.2 Å². The third kappa shape index (κ3) is 3.74. The van der Waals surface area contributed by atoms with Crippen molar-refractivity contribution >= 4 is 5.84 Å². The third-order valence-electron chi connectivity index (χ3n) is 3.31. The molecule has 0 heterocycles. The quantitative estimate of drug-likeness (QED) is 0.314. The minimum atomic E-state index is 0.151. The predicted molar refractivity (Wildman–Crippen MR) is 74.9 cm³/mol. The van der Waals surface area contributed by atoms with Gasteiger partial charge >= 0.3 is 0 Å². The molecule has 0 aliphatic carbocycles. The SMILES string of the molecule is CCC(CC)NCc1ccc(/C(N)=N/O)cc1C. The van der Waals surface area contributed by atoms with Crippen molar-refractivity contribution in [3.8, 4) is 0 Å². The van der Waals surface area contributed by atoms with Gasteiger partial charge in [0.05, 0.1) is 0 Å². The summed E-state index contributed by atoms with van der Waals surface area (Å²) in [6.07, 6.45) is 2.27. The molecule has 1 aromatic rings. The molecular formula is C14H23N3O. The number of hydrogen-bond donors (Lipinski definition) is 3. The Kier molecular flexibility index (Phi) is 5.65. The van der Waals surface area contributed by atoms with Crippen molar-refractivity contribution in [3.63, 3.8) is 0 Å². The molecule has 1 aromatic carbocycles. The van der Waals surface area contributed by atoms with Crippen LogP contribution in [-0.2, 0) is 6.54 Å². The first-order chi connectivity index (χ1) is 8.62. The lowest BCUT2D eigenvalue weighted by molar-refractivity contribution is 0.318. The minimum absolute atomic E-state index is 0.151. The van der Waals surface area contributed by atoms with E-state index in [1.54, 1.807) is 0 Å². The fourth-order valence-electron chi connectivity index (χ4n) is 1.94. The fourth-order valence-corrected chi connectivity index (χ4v) is 1.94. The molecule has 0 aliphatic heterocycles. The van der Waals surface area contributed by atoms with Gasteiger partial charge in [-0.15, -0.1) is 0 Å². The van der Waals surface area contributed by atoms with Crippen LogP contribution in [0.3, 0.4) is 0 Å². The molecule has 4 N–H and O–H groups in total. The van der Waals surface area contributed by atoms with Crippen molar-refractivity contribution < 1.29 is 5.21 Å². The Labute approximate surface area is 109 Å². The molecule has 0 spiro atoms. The van der Waals surface area contributed by atoms with E-state index in [0.29, 0.717) is 6.04 Å². The zero-order chi connectivity index (χ0) is 13.5. The van der Waals surface area contributed by atoms with Crippen molar-refractivity contribution in [2.45, 2.75) is 46.2 Å². The molecule has 18 heavy (non-hydrogen) atoms. The summed E-state index contributed by atoms with van der Waals surface area (Å²) >= 11 is 0. The standard InChI is InChI=1S/C14H23N3O/c1-4-13(5-2)16-9-12-7-6-11(8-10(12)3)14(15)17-18/h6-8,13,16,18H,4-5,9H2,1-3H3,(H2,15,17). The Morgan fingerprint density at radius 2 is 2.06 bits per heavy atom. The van der Waals surface area contributed by atoms with Gasteiger partial charge in [-0.2, -0.15) is 0 Å². The zero-order valence-electron chi connectivity index (χ0n) is 11.4. The van der Waals surface area contributed by atoms with Crippen molar-refractivity contribution in [2.75, 3.05) is 0 Å². The lowest BCUT2D eigenvalue weighted by atomic mass is 10.0. The molecule has 0 bridgehead atoms. The number of nitrogens with two attached hydrogens (primary N) is 1. The largest absolute Gasteiger partial charge is 0.409 e. The average Bonchev–Trinajstić information content (AvgIpc) is 2.40. The van der Waals surface area contributed by atoms with E-state index in [-0.39, 0.29) is 5.84 Å². The second-order valence-electron chi connectivity index (χ2n) is 4.52. The monoisotopic (exact) mass is 249 g/mol. The Balaban J connectivity index is 2.74. The Morgan fingerprint density at radius 1 is 1.39 bits per heavy atom. The van der Waals surface area contributed by atoms with Gasteiger partial charge in [0.1, 0.15) is 0 Å². The lowest BCUT2D eigenvalue weighted by Crippen LogP contribution is -2.27. The van der Waals surface area contributed by atoms with Gasteiger partial charge in [-0.1, -0.05) is 31.1 Å². The molecule has 0 aromatic heterocycles. The third-order valence-corrected chi connectivity index (χ3v) is 3.31. The molecule has 0 fully saturated rings. The molecule has 0 unspecified atom stereocenters. The molecule has 4 nitrogen and oxygen atoms in total. The first kappa shape index (κ1) is 14.5. The summed E-state index contributed by atoms with van der Waals surface area (Å²) in [5.41, 5.74) is 8.71. The van der Waals surface area contributed by atoms with E-state index in [2.05, 4.69) is 24.3 Å². The highest BCUT2D eigenvalue weighted by Gasteiger charge is 2.06. The molecule has 0 amide bonds. The van der Waals surface area contributed by atoms with E-state index in [1.807, 2.05) is 25.1 Å². The number of oxime groups is 1. The van der Waals surface area contributed by atoms with Crippen LogP contribution >= 0.6 is 0 Å². The molecule has 0 saturated heterocycles. The minimum Gasteiger partial charge on any atom is -0.409 e.